The molecule has 10 heteroatoms. The fourth-order valence-electron chi connectivity index (χ4n) is 2.03. The minimum atomic E-state index is -3.92. The average Bonchev–Trinajstić information content (AvgIpc) is 2.61. The van der Waals surface area contributed by atoms with Crippen molar-refractivity contribution in [3.05, 3.63) is 53.3 Å². The highest BCUT2D eigenvalue weighted by molar-refractivity contribution is 7.89. The van der Waals surface area contributed by atoms with E-state index in [-0.39, 0.29) is 16.2 Å². The highest BCUT2D eigenvalue weighted by Gasteiger charge is 2.24. The number of nitrogens with one attached hydrogen (secondary N) is 1. The van der Waals surface area contributed by atoms with Crippen molar-refractivity contribution >= 4 is 21.6 Å². The van der Waals surface area contributed by atoms with Gasteiger partial charge in [-0.3, -0.25) is 4.79 Å². The number of benzene rings is 2. The van der Waals surface area contributed by atoms with Crippen LogP contribution in [0.15, 0.2) is 35.2 Å². The summed E-state index contributed by atoms with van der Waals surface area (Å²) in [5.74, 6) is -5.59. The van der Waals surface area contributed by atoms with Crippen LogP contribution in [0.1, 0.15) is 10.4 Å². The minimum absolute atomic E-state index is 0.00857. The predicted molar refractivity (Wildman–Crippen MR) is 88.1 cm³/mol. The van der Waals surface area contributed by atoms with Crippen molar-refractivity contribution in [2.75, 3.05) is 26.5 Å². The Morgan fingerprint density at radius 1 is 1.08 bits per heavy atom. The molecule has 0 heterocycles. The molecular weight excluding hydrogens is 373 g/mol. The van der Waals surface area contributed by atoms with Crippen molar-refractivity contribution in [2.45, 2.75) is 4.90 Å². The van der Waals surface area contributed by atoms with Crippen LogP contribution in [0.2, 0.25) is 0 Å². The number of rotatable bonds is 5. The number of carbonyl (C=O) groups is 1. The minimum Gasteiger partial charge on any atom is -0.495 e. The number of halogens is 3. The lowest BCUT2D eigenvalue weighted by Crippen LogP contribution is -2.23. The smallest absolute Gasteiger partial charge is 0.255 e. The summed E-state index contributed by atoms with van der Waals surface area (Å²) in [4.78, 5) is 12.0. The molecule has 0 aromatic heterocycles. The van der Waals surface area contributed by atoms with Crippen molar-refractivity contribution in [1.82, 2.24) is 4.31 Å². The fourth-order valence-corrected chi connectivity index (χ4v) is 3.11. The van der Waals surface area contributed by atoms with Crippen LogP contribution < -0.4 is 10.1 Å². The quantitative estimate of drug-likeness (QED) is 0.799. The lowest BCUT2D eigenvalue weighted by Gasteiger charge is -2.15. The van der Waals surface area contributed by atoms with Gasteiger partial charge in [-0.1, -0.05) is 0 Å². The normalized spacial score (nSPS) is 11.5. The van der Waals surface area contributed by atoms with Gasteiger partial charge < -0.3 is 10.1 Å². The van der Waals surface area contributed by atoms with Crippen LogP contribution >= 0.6 is 0 Å². The highest BCUT2D eigenvalue weighted by Crippen LogP contribution is 2.27. The van der Waals surface area contributed by atoms with Gasteiger partial charge in [0, 0.05) is 19.7 Å². The van der Waals surface area contributed by atoms with Crippen LogP contribution in [0.4, 0.5) is 18.9 Å². The molecule has 0 aliphatic carbocycles. The Morgan fingerprint density at radius 3 is 2.31 bits per heavy atom. The van der Waals surface area contributed by atoms with E-state index >= 15 is 0 Å². The molecule has 1 N–H and O–H groups in total. The molecule has 26 heavy (non-hydrogen) atoms. The number of ether oxygens (including phenoxy) is 1. The number of hydrogen-bond donors (Lipinski definition) is 1. The number of anilines is 1. The summed E-state index contributed by atoms with van der Waals surface area (Å²) in [7, 11) is -0.0525. The molecule has 0 radical (unpaired) electrons. The molecule has 0 saturated heterocycles. The summed E-state index contributed by atoms with van der Waals surface area (Å²) in [5, 5.41) is 2.07. The molecule has 0 fully saturated rings. The van der Waals surface area contributed by atoms with Gasteiger partial charge in [-0.25, -0.2) is 25.9 Å². The number of carbonyl (C=O) groups excluding carboxylic acids is 1. The first kappa shape index (κ1) is 19.7. The predicted octanol–water partition coefficient (Wildman–Crippen LogP) is 2.62. The molecule has 0 aliphatic heterocycles. The Kier molecular flexibility index (Phi) is 5.57. The van der Waals surface area contributed by atoms with Gasteiger partial charge in [-0.15, -0.1) is 0 Å². The monoisotopic (exact) mass is 388 g/mol. The van der Waals surface area contributed by atoms with E-state index in [0.29, 0.717) is 6.07 Å². The molecule has 0 atom stereocenters. The molecule has 0 unspecified atom stereocenters. The zero-order valence-electron chi connectivity index (χ0n) is 14.0. The second-order valence-electron chi connectivity index (χ2n) is 5.33. The number of hydrogen-bond acceptors (Lipinski definition) is 4. The molecule has 2 rings (SSSR count). The van der Waals surface area contributed by atoms with Crippen LogP contribution in [0.5, 0.6) is 5.75 Å². The van der Waals surface area contributed by atoms with E-state index in [1.807, 2.05) is 0 Å². The third-order valence-corrected chi connectivity index (χ3v) is 5.30. The summed E-state index contributed by atoms with van der Waals surface area (Å²) in [5.41, 5.74) is -0.725. The van der Waals surface area contributed by atoms with E-state index in [4.69, 9.17) is 4.74 Å². The molecule has 2 aromatic carbocycles. The van der Waals surface area contributed by atoms with Gasteiger partial charge >= 0.3 is 0 Å². The highest BCUT2D eigenvalue weighted by atomic mass is 32.2. The largest absolute Gasteiger partial charge is 0.495 e. The summed E-state index contributed by atoms with van der Waals surface area (Å²) in [6.45, 7) is 0. The first-order valence-electron chi connectivity index (χ1n) is 7.15. The maximum atomic E-state index is 13.7. The number of amides is 1. The Hall–Kier alpha value is -2.59. The third kappa shape index (κ3) is 3.65. The zero-order valence-corrected chi connectivity index (χ0v) is 14.8. The van der Waals surface area contributed by atoms with Crippen molar-refractivity contribution in [1.29, 1.82) is 0 Å². The second-order valence-corrected chi connectivity index (χ2v) is 7.45. The molecule has 0 aliphatic rings. The first-order valence-corrected chi connectivity index (χ1v) is 8.59. The van der Waals surface area contributed by atoms with Crippen LogP contribution in [0, 0.1) is 17.5 Å². The van der Waals surface area contributed by atoms with Gasteiger partial charge in [0.2, 0.25) is 10.0 Å². The van der Waals surface area contributed by atoms with E-state index in [9.17, 15) is 26.4 Å². The van der Waals surface area contributed by atoms with Crippen molar-refractivity contribution in [3.8, 4) is 5.75 Å². The molecular formula is C16H15F3N2O4S. The Labute approximate surface area is 148 Å². The Balaban J connectivity index is 2.44. The number of sulfonamides is 1. The first-order chi connectivity index (χ1) is 12.1. The van der Waals surface area contributed by atoms with Gasteiger partial charge in [-0.05, 0) is 30.3 Å². The zero-order chi connectivity index (χ0) is 19.6. The van der Waals surface area contributed by atoms with Crippen LogP contribution in [-0.2, 0) is 10.0 Å². The van der Waals surface area contributed by atoms with Gasteiger partial charge in [0.1, 0.15) is 10.6 Å². The van der Waals surface area contributed by atoms with Gasteiger partial charge in [0.25, 0.3) is 5.91 Å². The fraction of sp³-hybridized carbons (Fsp3) is 0.188. The number of methoxy groups -OCH3 is 1. The van der Waals surface area contributed by atoms with E-state index in [1.165, 1.54) is 33.3 Å². The topological polar surface area (TPSA) is 75.7 Å². The lowest BCUT2D eigenvalue weighted by atomic mass is 10.2. The van der Waals surface area contributed by atoms with Gasteiger partial charge in [0.15, 0.2) is 17.5 Å². The van der Waals surface area contributed by atoms with E-state index < -0.39 is 39.1 Å². The summed E-state index contributed by atoms with van der Waals surface area (Å²) >= 11 is 0. The molecule has 0 spiro atoms. The van der Waals surface area contributed by atoms with Gasteiger partial charge in [0.05, 0.1) is 12.8 Å². The lowest BCUT2D eigenvalue weighted by molar-refractivity contribution is 0.102. The summed E-state index contributed by atoms with van der Waals surface area (Å²) in [6.07, 6.45) is 0. The van der Waals surface area contributed by atoms with E-state index in [1.54, 1.807) is 0 Å². The average molecular weight is 388 g/mol. The van der Waals surface area contributed by atoms with Gasteiger partial charge in [-0.2, -0.15) is 0 Å². The maximum absolute atomic E-state index is 13.7. The van der Waals surface area contributed by atoms with Crippen molar-refractivity contribution in [3.63, 3.8) is 0 Å². The number of nitrogens with zero attached hydrogens (tertiary/aromatic N) is 1. The third-order valence-electron chi connectivity index (χ3n) is 3.47. The summed E-state index contributed by atoms with van der Waals surface area (Å²) < 4.78 is 70.5. The molecule has 6 nitrogen and oxygen atoms in total. The van der Waals surface area contributed by atoms with Crippen molar-refractivity contribution in [2.24, 2.45) is 0 Å². The Morgan fingerprint density at radius 2 is 1.73 bits per heavy atom. The molecule has 140 valence electrons. The maximum Gasteiger partial charge on any atom is 0.255 e. The molecule has 0 saturated carbocycles. The van der Waals surface area contributed by atoms with Crippen LogP contribution in [0.3, 0.4) is 0 Å². The van der Waals surface area contributed by atoms with Crippen molar-refractivity contribution < 1.29 is 31.1 Å². The van der Waals surface area contributed by atoms with E-state index in [0.717, 1.165) is 16.4 Å². The van der Waals surface area contributed by atoms with Crippen LogP contribution in [0.25, 0.3) is 0 Å². The molecule has 1 amide bonds. The van der Waals surface area contributed by atoms with Crippen LogP contribution in [-0.4, -0.2) is 39.8 Å². The SMILES string of the molecule is COc1ccc(C(=O)Nc2ccc(F)c(F)c2F)cc1S(=O)(=O)N(C)C. The standard InChI is InChI=1S/C16H15F3N2O4S/c1-21(2)26(23,24)13-8-9(4-7-12(13)25-3)16(22)20-11-6-5-10(17)14(18)15(11)19/h4-8H,1-3H3,(H,20,22). The molecule has 2 aromatic rings. The Bertz CT molecular complexity index is 962. The molecule has 0 bridgehead atoms. The summed E-state index contributed by atoms with van der Waals surface area (Å²) in [6, 6.07) is 5.06. The van der Waals surface area contributed by atoms with E-state index in [2.05, 4.69) is 5.32 Å². The second kappa shape index (κ2) is 7.34.